The second-order valence-corrected chi connectivity index (χ2v) is 8.35. The van der Waals surface area contributed by atoms with Gasteiger partial charge in [-0.2, -0.15) is 0 Å². The number of hydrogen-bond acceptors (Lipinski definition) is 3. The first kappa shape index (κ1) is 19.1. The summed E-state index contributed by atoms with van der Waals surface area (Å²) in [6, 6.07) is 6.98. The minimum absolute atomic E-state index is 0.00809. The fraction of sp³-hybridized carbons (Fsp3) is 0.650. The lowest BCUT2D eigenvalue weighted by Crippen LogP contribution is -2.52. The molecule has 2 heterocycles. The number of piperazine rings is 1. The summed E-state index contributed by atoms with van der Waals surface area (Å²) in [5, 5.41) is 3.16. The van der Waals surface area contributed by atoms with Gasteiger partial charge < -0.3 is 15.1 Å². The fourth-order valence-corrected chi connectivity index (χ4v) is 3.94. The Hall–Kier alpha value is -1.66. The summed E-state index contributed by atoms with van der Waals surface area (Å²) in [5.74, 6) is -0.234. The summed E-state index contributed by atoms with van der Waals surface area (Å²) >= 11 is 0. The maximum absolute atomic E-state index is 13.1. The molecule has 2 amide bonds. The Bertz CT molecular complexity index is 611. The molecule has 0 spiro atoms. The second kappa shape index (κ2) is 7.92. The van der Waals surface area contributed by atoms with E-state index >= 15 is 0 Å². The van der Waals surface area contributed by atoms with E-state index in [1.807, 2.05) is 18.7 Å². The van der Waals surface area contributed by atoms with Gasteiger partial charge in [-0.1, -0.05) is 12.1 Å². The number of carbonyl (C=O) groups excluding carboxylic acids is 1. The third-order valence-electron chi connectivity index (χ3n) is 5.51. The average Bonchev–Trinajstić information content (AvgIpc) is 3.07. The van der Waals surface area contributed by atoms with Crippen molar-refractivity contribution in [3.05, 3.63) is 35.6 Å². The number of likely N-dealkylation sites (tertiary alicyclic amines) is 1. The Balaban J connectivity index is 1.50. The number of nitrogens with one attached hydrogen (secondary N) is 1. The first-order valence-electron chi connectivity index (χ1n) is 9.56. The molecule has 2 saturated heterocycles. The van der Waals surface area contributed by atoms with Gasteiger partial charge in [0.15, 0.2) is 0 Å². The standard InChI is InChI=1S/C20H31FN4O/c1-20(2,14-16-4-6-17(21)7-5-16)22-19(26)25-9-8-18(15-25)24-12-10-23(3)11-13-24/h4-7,18H,8-15H2,1-3H3,(H,22,26). The van der Waals surface area contributed by atoms with Crippen molar-refractivity contribution in [2.45, 2.75) is 38.3 Å². The average molecular weight is 362 g/mol. The second-order valence-electron chi connectivity index (χ2n) is 8.35. The Morgan fingerprint density at radius 3 is 2.46 bits per heavy atom. The van der Waals surface area contributed by atoms with Crippen molar-refractivity contribution in [2.24, 2.45) is 0 Å². The Labute approximate surface area is 156 Å². The smallest absolute Gasteiger partial charge is 0.317 e. The summed E-state index contributed by atoms with van der Waals surface area (Å²) < 4.78 is 13.1. The third kappa shape index (κ3) is 4.95. The maximum Gasteiger partial charge on any atom is 0.317 e. The van der Waals surface area contributed by atoms with Gasteiger partial charge in [-0.15, -0.1) is 0 Å². The van der Waals surface area contributed by atoms with Gasteiger partial charge in [-0.25, -0.2) is 9.18 Å². The number of halogens is 1. The van der Waals surface area contributed by atoms with Crippen molar-refractivity contribution in [3.63, 3.8) is 0 Å². The molecule has 1 N–H and O–H groups in total. The zero-order valence-corrected chi connectivity index (χ0v) is 16.2. The lowest BCUT2D eigenvalue weighted by atomic mass is 9.95. The Morgan fingerprint density at radius 1 is 1.15 bits per heavy atom. The van der Waals surface area contributed by atoms with Crippen LogP contribution in [0.15, 0.2) is 24.3 Å². The lowest BCUT2D eigenvalue weighted by Gasteiger charge is -2.36. The van der Waals surface area contributed by atoms with E-state index < -0.39 is 0 Å². The molecule has 1 unspecified atom stereocenters. The zero-order chi connectivity index (χ0) is 18.7. The van der Waals surface area contributed by atoms with Gasteiger partial charge in [-0.05, 0) is 51.4 Å². The van der Waals surface area contributed by atoms with Crippen LogP contribution >= 0.6 is 0 Å². The largest absolute Gasteiger partial charge is 0.333 e. The molecule has 0 saturated carbocycles. The van der Waals surface area contributed by atoms with E-state index in [1.165, 1.54) is 12.1 Å². The van der Waals surface area contributed by atoms with Crippen molar-refractivity contribution in [1.82, 2.24) is 20.0 Å². The van der Waals surface area contributed by atoms with E-state index in [1.54, 1.807) is 12.1 Å². The van der Waals surface area contributed by atoms with Gasteiger partial charge >= 0.3 is 6.03 Å². The molecule has 1 aromatic rings. The first-order valence-corrected chi connectivity index (χ1v) is 9.56. The van der Waals surface area contributed by atoms with Crippen LogP contribution < -0.4 is 5.32 Å². The molecule has 0 bridgehead atoms. The SMILES string of the molecule is CN1CCN(C2CCN(C(=O)NC(C)(C)Cc3ccc(F)cc3)C2)CC1. The van der Waals surface area contributed by atoms with E-state index in [0.29, 0.717) is 12.5 Å². The van der Waals surface area contributed by atoms with Crippen molar-refractivity contribution >= 4 is 6.03 Å². The number of amides is 2. The molecule has 1 aromatic carbocycles. The molecule has 5 nitrogen and oxygen atoms in total. The summed E-state index contributed by atoms with van der Waals surface area (Å²) in [6.07, 6.45) is 1.73. The van der Waals surface area contributed by atoms with Gasteiger partial charge in [0.05, 0.1) is 0 Å². The van der Waals surface area contributed by atoms with E-state index in [4.69, 9.17) is 0 Å². The van der Waals surface area contributed by atoms with Gasteiger partial charge in [0.1, 0.15) is 5.82 Å². The fourth-order valence-electron chi connectivity index (χ4n) is 3.94. The van der Waals surface area contributed by atoms with Crippen LogP contribution in [0.4, 0.5) is 9.18 Å². The van der Waals surface area contributed by atoms with Crippen LogP contribution in [0.25, 0.3) is 0 Å². The van der Waals surface area contributed by atoms with Gasteiger partial charge in [0.25, 0.3) is 0 Å². The normalized spacial score (nSPS) is 22.6. The van der Waals surface area contributed by atoms with Crippen molar-refractivity contribution in [3.8, 4) is 0 Å². The van der Waals surface area contributed by atoms with Crippen LogP contribution in [-0.4, -0.2) is 78.6 Å². The highest BCUT2D eigenvalue weighted by Crippen LogP contribution is 2.19. The Kier molecular flexibility index (Phi) is 5.82. The molecule has 2 aliphatic rings. The molecule has 0 radical (unpaired) electrons. The molecule has 26 heavy (non-hydrogen) atoms. The molecule has 6 heteroatoms. The number of hydrogen-bond donors (Lipinski definition) is 1. The number of rotatable bonds is 4. The van der Waals surface area contributed by atoms with Crippen LogP contribution in [0, 0.1) is 5.82 Å². The van der Waals surface area contributed by atoms with Crippen LogP contribution in [0.5, 0.6) is 0 Å². The molecule has 144 valence electrons. The minimum Gasteiger partial charge on any atom is -0.333 e. The first-order chi connectivity index (χ1) is 12.3. The van der Waals surface area contributed by atoms with Crippen molar-refractivity contribution in [1.29, 1.82) is 0 Å². The number of carbonyl (C=O) groups is 1. The van der Waals surface area contributed by atoms with Gasteiger partial charge in [0.2, 0.25) is 0 Å². The lowest BCUT2D eigenvalue weighted by molar-refractivity contribution is 0.114. The van der Waals surface area contributed by atoms with Crippen LogP contribution in [0.3, 0.4) is 0 Å². The number of benzene rings is 1. The van der Waals surface area contributed by atoms with Crippen LogP contribution in [0.2, 0.25) is 0 Å². The number of likely N-dealkylation sites (N-methyl/N-ethyl adjacent to an activating group) is 1. The molecule has 2 fully saturated rings. The predicted molar refractivity (Wildman–Crippen MR) is 102 cm³/mol. The quantitative estimate of drug-likeness (QED) is 0.892. The zero-order valence-electron chi connectivity index (χ0n) is 16.2. The van der Waals surface area contributed by atoms with Gasteiger partial charge in [0, 0.05) is 50.8 Å². The van der Waals surface area contributed by atoms with E-state index in [-0.39, 0.29) is 17.4 Å². The molecule has 0 aliphatic carbocycles. The van der Waals surface area contributed by atoms with Crippen LogP contribution in [0.1, 0.15) is 25.8 Å². The van der Waals surface area contributed by atoms with E-state index in [0.717, 1.165) is 51.3 Å². The predicted octanol–water partition coefficient (Wildman–Crippen LogP) is 2.18. The monoisotopic (exact) mass is 362 g/mol. The number of nitrogens with zero attached hydrogens (tertiary/aromatic N) is 3. The molecule has 1 atom stereocenters. The van der Waals surface area contributed by atoms with Gasteiger partial charge in [-0.3, -0.25) is 4.90 Å². The highest BCUT2D eigenvalue weighted by atomic mass is 19.1. The molecular weight excluding hydrogens is 331 g/mol. The third-order valence-corrected chi connectivity index (χ3v) is 5.51. The molecular formula is C20H31FN4O. The topological polar surface area (TPSA) is 38.8 Å². The summed E-state index contributed by atoms with van der Waals surface area (Å²) in [7, 11) is 2.16. The Morgan fingerprint density at radius 2 is 1.81 bits per heavy atom. The van der Waals surface area contributed by atoms with Crippen LogP contribution in [-0.2, 0) is 6.42 Å². The molecule has 2 aliphatic heterocycles. The summed E-state index contributed by atoms with van der Waals surface area (Å²) in [6.45, 7) is 10.0. The highest BCUT2D eigenvalue weighted by Gasteiger charge is 2.33. The van der Waals surface area contributed by atoms with E-state index in [9.17, 15) is 9.18 Å². The highest BCUT2D eigenvalue weighted by molar-refractivity contribution is 5.75. The molecule has 0 aromatic heterocycles. The molecule has 3 rings (SSSR count). The van der Waals surface area contributed by atoms with E-state index in [2.05, 4.69) is 22.2 Å². The summed E-state index contributed by atoms with van der Waals surface area (Å²) in [5.41, 5.74) is 0.648. The minimum atomic E-state index is -0.374. The summed E-state index contributed by atoms with van der Waals surface area (Å²) in [4.78, 5) is 19.5. The van der Waals surface area contributed by atoms with Crippen molar-refractivity contribution < 1.29 is 9.18 Å². The number of urea groups is 1. The maximum atomic E-state index is 13.1. The van der Waals surface area contributed by atoms with Crippen molar-refractivity contribution in [2.75, 3.05) is 46.3 Å².